The number of carbonyl (C=O) groups is 1. The van der Waals surface area contributed by atoms with Crippen LogP contribution in [-0.2, 0) is 15.9 Å². The van der Waals surface area contributed by atoms with Gasteiger partial charge in [0.15, 0.2) is 0 Å². The van der Waals surface area contributed by atoms with E-state index in [1.54, 1.807) is 19.1 Å². The number of esters is 1. The Morgan fingerprint density at radius 3 is 2.60 bits per heavy atom. The van der Waals surface area contributed by atoms with Gasteiger partial charge < -0.3 is 34.6 Å². The third-order valence-electron chi connectivity index (χ3n) is 4.60. The van der Waals surface area contributed by atoms with Gasteiger partial charge in [-0.05, 0) is 31.0 Å². The van der Waals surface area contributed by atoms with E-state index in [1.165, 1.54) is 0 Å². The normalized spacial score (nSPS) is 35.0. The quantitative estimate of drug-likeness (QED) is 0.524. The number of carbonyl (C=O) groups excluding carboxylic acids is 1. The highest BCUT2D eigenvalue weighted by atomic mass is 16.7. The van der Waals surface area contributed by atoms with E-state index in [0.717, 1.165) is 11.1 Å². The molecule has 1 fully saturated rings. The number of aryl methyl sites for hydroxylation is 1. The fourth-order valence-electron chi connectivity index (χ4n) is 3.18. The average Bonchev–Trinajstić information content (AvgIpc) is 2.57. The molecule has 0 aromatic heterocycles. The number of aliphatic hydroxyl groups is 4. The smallest absolute Gasteiger partial charge is 0.342 e. The maximum Gasteiger partial charge on any atom is 0.342 e. The van der Waals surface area contributed by atoms with Crippen LogP contribution in [0.25, 0.3) is 0 Å². The first kappa shape index (κ1) is 18.1. The van der Waals surface area contributed by atoms with Crippen molar-refractivity contribution in [2.75, 3.05) is 6.61 Å². The number of cyclic esters (lactones) is 1. The van der Waals surface area contributed by atoms with E-state index in [4.69, 9.17) is 14.2 Å². The summed E-state index contributed by atoms with van der Waals surface area (Å²) in [5, 5.41) is 39.0. The molecule has 2 aliphatic heterocycles. The van der Waals surface area contributed by atoms with Gasteiger partial charge in [-0.2, -0.15) is 0 Å². The highest BCUT2D eigenvalue weighted by Crippen LogP contribution is 2.33. The SMILES string of the molecule is Cc1ccc(OC2OC(CO)C(O)C(O)C2O)c2c1CC(C)OC2=O. The van der Waals surface area contributed by atoms with Crippen LogP contribution >= 0.6 is 0 Å². The minimum absolute atomic E-state index is 0.154. The summed E-state index contributed by atoms with van der Waals surface area (Å²) >= 11 is 0. The maximum atomic E-state index is 12.3. The second-order valence-corrected chi connectivity index (χ2v) is 6.47. The van der Waals surface area contributed by atoms with Crippen LogP contribution in [0.3, 0.4) is 0 Å². The van der Waals surface area contributed by atoms with Gasteiger partial charge in [0.25, 0.3) is 0 Å². The van der Waals surface area contributed by atoms with Gasteiger partial charge in [-0.3, -0.25) is 0 Å². The highest BCUT2D eigenvalue weighted by Gasteiger charge is 2.45. The van der Waals surface area contributed by atoms with E-state index in [1.807, 2.05) is 6.92 Å². The number of aliphatic hydroxyl groups excluding tert-OH is 4. The summed E-state index contributed by atoms with van der Waals surface area (Å²) in [6, 6.07) is 3.34. The standard InChI is InChI=1S/C17H22O8/c1-7-3-4-10(12-9(7)5-8(2)23-16(12)22)24-17-15(21)14(20)13(19)11(6-18)25-17/h3-4,8,11,13-15,17-21H,5-6H2,1-2H3. The van der Waals surface area contributed by atoms with Crippen molar-refractivity contribution < 1.29 is 39.4 Å². The van der Waals surface area contributed by atoms with E-state index < -0.39 is 43.3 Å². The summed E-state index contributed by atoms with van der Waals surface area (Å²) in [7, 11) is 0. The van der Waals surface area contributed by atoms with E-state index in [-0.39, 0.29) is 17.4 Å². The van der Waals surface area contributed by atoms with Crippen LogP contribution in [0.5, 0.6) is 5.75 Å². The zero-order chi connectivity index (χ0) is 18.3. The van der Waals surface area contributed by atoms with Crippen molar-refractivity contribution in [3.63, 3.8) is 0 Å². The lowest BCUT2D eigenvalue weighted by atomic mass is 9.94. The van der Waals surface area contributed by atoms with Crippen LogP contribution in [0.1, 0.15) is 28.4 Å². The molecule has 6 unspecified atom stereocenters. The topological polar surface area (TPSA) is 126 Å². The second-order valence-electron chi connectivity index (χ2n) is 6.47. The lowest BCUT2D eigenvalue weighted by molar-refractivity contribution is -0.277. The monoisotopic (exact) mass is 354 g/mol. The van der Waals surface area contributed by atoms with Crippen LogP contribution in [0.15, 0.2) is 12.1 Å². The maximum absolute atomic E-state index is 12.3. The molecule has 0 radical (unpaired) electrons. The molecular formula is C17H22O8. The lowest BCUT2D eigenvalue weighted by Gasteiger charge is -2.40. The average molecular weight is 354 g/mol. The van der Waals surface area contributed by atoms with E-state index in [0.29, 0.717) is 6.42 Å². The number of rotatable bonds is 3. The lowest BCUT2D eigenvalue weighted by Crippen LogP contribution is -2.60. The summed E-state index contributed by atoms with van der Waals surface area (Å²) < 4.78 is 16.2. The second kappa shape index (κ2) is 6.89. The Labute approximate surface area is 144 Å². The molecule has 4 N–H and O–H groups in total. The van der Waals surface area contributed by atoms with Crippen molar-refractivity contribution in [1.29, 1.82) is 0 Å². The fourth-order valence-corrected chi connectivity index (χ4v) is 3.18. The number of fused-ring (bicyclic) bond motifs is 1. The first-order valence-corrected chi connectivity index (χ1v) is 8.14. The Balaban J connectivity index is 1.91. The molecule has 0 saturated carbocycles. The Bertz CT molecular complexity index is 658. The molecule has 1 aromatic rings. The van der Waals surface area contributed by atoms with Gasteiger partial charge in [0.05, 0.1) is 6.61 Å². The minimum atomic E-state index is -1.55. The van der Waals surface area contributed by atoms with E-state index in [9.17, 15) is 25.2 Å². The molecule has 138 valence electrons. The Hall–Kier alpha value is -1.71. The fraction of sp³-hybridized carbons (Fsp3) is 0.588. The van der Waals surface area contributed by atoms with Crippen molar-refractivity contribution in [3.05, 3.63) is 28.8 Å². The summed E-state index contributed by atoms with van der Waals surface area (Å²) in [5.41, 5.74) is 1.97. The molecule has 25 heavy (non-hydrogen) atoms. The van der Waals surface area contributed by atoms with Crippen LogP contribution in [0, 0.1) is 6.92 Å². The Morgan fingerprint density at radius 1 is 1.20 bits per heavy atom. The van der Waals surface area contributed by atoms with Gasteiger partial charge in [0.2, 0.25) is 6.29 Å². The number of hydrogen-bond acceptors (Lipinski definition) is 8. The molecule has 1 saturated heterocycles. The first-order chi connectivity index (χ1) is 11.8. The zero-order valence-corrected chi connectivity index (χ0v) is 14.0. The zero-order valence-electron chi connectivity index (χ0n) is 14.0. The summed E-state index contributed by atoms with van der Waals surface area (Å²) in [4.78, 5) is 12.3. The molecule has 8 nitrogen and oxygen atoms in total. The molecule has 0 amide bonds. The summed E-state index contributed by atoms with van der Waals surface area (Å²) in [6.07, 6.45) is -6.72. The molecular weight excluding hydrogens is 332 g/mol. The largest absolute Gasteiger partial charge is 0.461 e. The highest BCUT2D eigenvalue weighted by molar-refractivity contribution is 5.95. The molecule has 0 spiro atoms. The molecule has 3 rings (SSSR count). The van der Waals surface area contributed by atoms with Gasteiger partial charge in [-0.25, -0.2) is 4.79 Å². The molecule has 8 heteroatoms. The molecule has 6 atom stereocenters. The van der Waals surface area contributed by atoms with Crippen LogP contribution in [-0.4, -0.2) is 69.8 Å². The van der Waals surface area contributed by atoms with Crippen molar-refractivity contribution in [2.45, 2.75) is 57.1 Å². The van der Waals surface area contributed by atoms with Crippen molar-refractivity contribution in [2.24, 2.45) is 0 Å². The summed E-state index contributed by atoms with van der Waals surface area (Å²) in [6.45, 7) is 3.11. The molecule has 2 aliphatic rings. The van der Waals surface area contributed by atoms with Gasteiger partial charge in [-0.15, -0.1) is 0 Å². The third kappa shape index (κ3) is 3.23. The van der Waals surface area contributed by atoms with E-state index in [2.05, 4.69) is 0 Å². The van der Waals surface area contributed by atoms with Gasteiger partial charge in [0.1, 0.15) is 41.8 Å². The Kier molecular flexibility index (Phi) is 4.99. The molecule has 1 aromatic carbocycles. The van der Waals surface area contributed by atoms with Crippen molar-refractivity contribution in [1.82, 2.24) is 0 Å². The molecule has 2 heterocycles. The predicted molar refractivity (Wildman–Crippen MR) is 84.2 cm³/mol. The predicted octanol–water partition coefficient (Wildman–Crippen LogP) is -0.725. The third-order valence-corrected chi connectivity index (χ3v) is 4.60. The summed E-state index contributed by atoms with van der Waals surface area (Å²) in [5.74, 6) is -0.376. The van der Waals surface area contributed by atoms with Gasteiger partial charge in [0, 0.05) is 6.42 Å². The van der Waals surface area contributed by atoms with Crippen LogP contribution < -0.4 is 4.74 Å². The van der Waals surface area contributed by atoms with Crippen LogP contribution in [0.2, 0.25) is 0 Å². The molecule has 0 aliphatic carbocycles. The van der Waals surface area contributed by atoms with Crippen LogP contribution in [0.4, 0.5) is 0 Å². The molecule has 0 bridgehead atoms. The number of benzene rings is 1. The van der Waals surface area contributed by atoms with Gasteiger partial charge >= 0.3 is 5.97 Å². The van der Waals surface area contributed by atoms with Crippen molar-refractivity contribution >= 4 is 5.97 Å². The Morgan fingerprint density at radius 2 is 1.92 bits per heavy atom. The minimum Gasteiger partial charge on any atom is -0.461 e. The van der Waals surface area contributed by atoms with Crippen molar-refractivity contribution in [3.8, 4) is 5.75 Å². The number of hydrogen-bond donors (Lipinski definition) is 4. The van der Waals surface area contributed by atoms with Gasteiger partial charge in [-0.1, -0.05) is 6.07 Å². The number of ether oxygens (including phenoxy) is 3. The first-order valence-electron chi connectivity index (χ1n) is 8.14. The van der Waals surface area contributed by atoms with E-state index >= 15 is 0 Å².